The zero-order valence-electron chi connectivity index (χ0n) is 6.17. The highest BCUT2D eigenvalue weighted by Gasteiger charge is 2.28. The standard InChI is InChI=1S/C7H7BF2O2/c1-4-2-3-5(8(11)12)7(10)6(4)9/h2-3,6,11-12H,1H2. The molecule has 0 radical (unpaired) electrons. The predicted molar refractivity (Wildman–Crippen MR) is 41.5 cm³/mol. The van der Waals surface area contributed by atoms with E-state index in [4.69, 9.17) is 10.0 Å². The highest BCUT2D eigenvalue weighted by atomic mass is 19.2. The topological polar surface area (TPSA) is 40.5 Å². The lowest BCUT2D eigenvalue weighted by atomic mass is 9.75. The van der Waals surface area contributed by atoms with Crippen molar-refractivity contribution in [3.63, 3.8) is 0 Å². The first-order valence-corrected chi connectivity index (χ1v) is 3.30. The van der Waals surface area contributed by atoms with Crippen LogP contribution in [0.3, 0.4) is 0 Å². The maximum Gasteiger partial charge on any atom is 0.491 e. The molecule has 1 unspecified atom stereocenters. The Hall–Kier alpha value is -0.935. The SMILES string of the molecule is C=C1C=CC(B(O)O)=C(F)C1F. The molecule has 0 fully saturated rings. The second-order valence-electron chi connectivity index (χ2n) is 2.45. The van der Waals surface area contributed by atoms with E-state index in [0.29, 0.717) is 0 Å². The van der Waals surface area contributed by atoms with Crippen LogP contribution < -0.4 is 0 Å². The molecule has 1 atom stereocenters. The average Bonchev–Trinajstić information content (AvgIpc) is 2.00. The van der Waals surface area contributed by atoms with Crippen molar-refractivity contribution in [2.75, 3.05) is 0 Å². The fourth-order valence-electron chi connectivity index (χ4n) is 0.879. The van der Waals surface area contributed by atoms with E-state index in [-0.39, 0.29) is 5.57 Å². The minimum atomic E-state index is -1.98. The van der Waals surface area contributed by atoms with Gasteiger partial charge in [0.2, 0.25) is 0 Å². The maximum atomic E-state index is 12.8. The molecule has 1 aliphatic carbocycles. The highest BCUT2D eigenvalue weighted by Crippen LogP contribution is 2.26. The van der Waals surface area contributed by atoms with Crippen molar-refractivity contribution in [2.24, 2.45) is 0 Å². The zero-order valence-corrected chi connectivity index (χ0v) is 6.17. The zero-order chi connectivity index (χ0) is 9.30. The van der Waals surface area contributed by atoms with Crippen LogP contribution in [-0.2, 0) is 0 Å². The summed E-state index contributed by atoms with van der Waals surface area (Å²) >= 11 is 0. The molecule has 12 heavy (non-hydrogen) atoms. The molecule has 5 heteroatoms. The van der Waals surface area contributed by atoms with Gasteiger partial charge in [0.05, 0.1) is 0 Å². The minimum absolute atomic E-state index is 0.0306. The Bertz CT molecular complexity index is 271. The van der Waals surface area contributed by atoms with Crippen molar-refractivity contribution in [1.82, 2.24) is 0 Å². The third-order valence-corrected chi connectivity index (χ3v) is 1.58. The molecule has 0 aromatic carbocycles. The normalized spacial score (nSPS) is 23.3. The van der Waals surface area contributed by atoms with Crippen molar-refractivity contribution in [2.45, 2.75) is 6.17 Å². The maximum absolute atomic E-state index is 12.8. The van der Waals surface area contributed by atoms with Gasteiger partial charge in [-0.15, -0.1) is 0 Å². The van der Waals surface area contributed by atoms with Crippen molar-refractivity contribution >= 4 is 7.12 Å². The number of rotatable bonds is 1. The van der Waals surface area contributed by atoms with E-state index < -0.39 is 24.6 Å². The van der Waals surface area contributed by atoms with Gasteiger partial charge in [-0.05, 0) is 5.57 Å². The van der Waals surface area contributed by atoms with E-state index in [0.717, 1.165) is 6.08 Å². The molecular weight excluding hydrogens is 165 g/mol. The second-order valence-corrected chi connectivity index (χ2v) is 2.45. The fourth-order valence-corrected chi connectivity index (χ4v) is 0.879. The molecule has 2 N–H and O–H groups in total. The summed E-state index contributed by atoms with van der Waals surface area (Å²) in [6.07, 6.45) is 0.354. The van der Waals surface area contributed by atoms with E-state index in [1.54, 1.807) is 0 Å². The summed E-state index contributed by atoms with van der Waals surface area (Å²) in [5.74, 6) is -1.18. The van der Waals surface area contributed by atoms with Crippen LogP contribution in [0.25, 0.3) is 0 Å². The van der Waals surface area contributed by atoms with Crippen molar-refractivity contribution in [3.05, 3.63) is 35.6 Å². The van der Waals surface area contributed by atoms with E-state index in [9.17, 15) is 8.78 Å². The van der Waals surface area contributed by atoms with Crippen LogP contribution in [0.15, 0.2) is 35.6 Å². The number of hydrogen-bond acceptors (Lipinski definition) is 2. The number of alkyl halides is 1. The van der Waals surface area contributed by atoms with Crippen molar-refractivity contribution in [3.8, 4) is 0 Å². The van der Waals surface area contributed by atoms with E-state index >= 15 is 0 Å². The molecule has 1 aliphatic rings. The monoisotopic (exact) mass is 172 g/mol. The molecule has 0 bridgehead atoms. The largest absolute Gasteiger partial charge is 0.491 e. The van der Waals surface area contributed by atoms with Gasteiger partial charge in [-0.2, -0.15) is 0 Å². The summed E-state index contributed by atoms with van der Waals surface area (Å²) in [6, 6.07) is 0. The molecule has 2 nitrogen and oxygen atoms in total. The van der Waals surface area contributed by atoms with Crippen molar-refractivity contribution in [1.29, 1.82) is 0 Å². The van der Waals surface area contributed by atoms with Gasteiger partial charge >= 0.3 is 7.12 Å². The molecule has 0 spiro atoms. The first-order chi connectivity index (χ1) is 5.54. The van der Waals surface area contributed by atoms with Gasteiger partial charge in [0.25, 0.3) is 0 Å². The summed E-state index contributed by atoms with van der Waals surface area (Å²) in [7, 11) is -1.98. The molecule has 1 rings (SSSR count). The average molecular weight is 172 g/mol. The van der Waals surface area contributed by atoms with Gasteiger partial charge in [0, 0.05) is 5.47 Å². The van der Waals surface area contributed by atoms with Gasteiger partial charge in [-0.3, -0.25) is 0 Å². The second kappa shape index (κ2) is 3.20. The number of hydrogen-bond donors (Lipinski definition) is 2. The molecule has 0 saturated carbocycles. The molecule has 0 aliphatic heterocycles. The lowest BCUT2D eigenvalue weighted by Gasteiger charge is -2.14. The molecule has 0 amide bonds. The highest BCUT2D eigenvalue weighted by molar-refractivity contribution is 6.52. The Labute approximate surface area is 68.7 Å². The van der Waals surface area contributed by atoms with Gasteiger partial charge in [-0.1, -0.05) is 18.7 Å². The Balaban J connectivity index is 3.02. The Kier molecular flexibility index (Phi) is 2.44. The minimum Gasteiger partial charge on any atom is -0.423 e. The Morgan fingerprint density at radius 2 is 2.00 bits per heavy atom. The quantitative estimate of drug-likeness (QED) is 0.571. The van der Waals surface area contributed by atoms with E-state index in [1.807, 2.05) is 0 Å². The van der Waals surface area contributed by atoms with Gasteiger partial charge in [-0.25, -0.2) is 8.78 Å². The van der Waals surface area contributed by atoms with Crippen LogP contribution in [0.4, 0.5) is 8.78 Å². The fraction of sp³-hybridized carbons (Fsp3) is 0.143. The third-order valence-electron chi connectivity index (χ3n) is 1.58. The summed E-state index contributed by atoms with van der Waals surface area (Å²) in [6.45, 7) is 3.24. The van der Waals surface area contributed by atoms with E-state index in [1.165, 1.54) is 6.08 Å². The lowest BCUT2D eigenvalue weighted by molar-refractivity contribution is 0.361. The van der Waals surface area contributed by atoms with Crippen LogP contribution in [0.1, 0.15) is 0 Å². The van der Waals surface area contributed by atoms with Crippen molar-refractivity contribution < 1.29 is 18.8 Å². The molecule has 64 valence electrons. The van der Waals surface area contributed by atoms with Crippen LogP contribution in [0.2, 0.25) is 0 Å². The molecule has 0 aromatic heterocycles. The summed E-state index contributed by atoms with van der Waals surface area (Å²) < 4.78 is 25.6. The van der Waals surface area contributed by atoms with Crippen LogP contribution in [0, 0.1) is 0 Å². The van der Waals surface area contributed by atoms with Gasteiger partial charge in [0.1, 0.15) is 5.83 Å². The molecule has 0 heterocycles. The first kappa shape index (κ1) is 9.16. The van der Waals surface area contributed by atoms with Crippen LogP contribution in [-0.4, -0.2) is 23.3 Å². The molecule has 0 saturated heterocycles. The number of allylic oxidation sites excluding steroid dienone is 5. The van der Waals surface area contributed by atoms with Gasteiger partial charge < -0.3 is 10.0 Å². The van der Waals surface area contributed by atoms with Crippen LogP contribution >= 0.6 is 0 Å². The lowest BCUT2D eigenvalue weighted by Crippen LogP contribution is -2.21. The van der Waals surface area contributed by atoms with E-state index in [2.05, 4.69) is 6.58 Å². The Morgan fingerprint density at radius 1 is 1.42 bits per heavy atom. The summed E-state index contributed by atoms with van der Waals surface area (Å²) in [5, 5.41) is 17.1. The first-order valence-electron chi connectivity index (χ1n) is 3.30. The summed E-state index contributed by atoms with van der Waals surface area (Å²) in [4.78, 5) is 0. The summed E-state index contributed by atoms with van der Waals surface area (Å²) in [5.41, 5.74) is -0.480. The Morgan fingerprint density at radius 3 is 2.50 bits per heavy atom. The number of halogens is 2. The molecular formula is C7H7BF2O2. The predicted octanol–water partition coefficient (Wildman–Crippen LogP) is 0.686. The van der Waals surface area contributed by atoms with Crippen LogP contribution in [0.5, 0.6) is 0 Å². The smallest absolute Gasteiger partial charge is 0.423 e. The van der Waals surface area contributed by atoms with Gasteiger partial charge in [0.15, 0.2) is 6.17 Å². The third kappa shape index (κ3) is 1.46. The molecule has 0 aromatic rings.